The van der Waals surface area contributed by atoms with Crippen LogP contribution in [0.1, 0.15) is 30.4 Å². The van der Waals surface area contributed by atoms with E-state index in [1.165, 1.54) is 16.0 Å². The van der Waals surface area contributed by atoms with Gasteiger partial charge in [0.2, 0.25) is 0 Å². The van der Waals surface area contributed by atoms with Gasteiger partial charge in [-0.25, -0.2) is 0 Å². The SMILES string of the molecule is Cc1ccc(-c2ccc3c(c2)C=C(C[NH+]2CCC(NC(=O)C(F)(F)F)CC2)CCO3)cc1. The second kappa shape index (κ2) is 9.36. The molecule has 0 saturated carbocycles. The Balaban J connectivity index is 1.41. The van der Waals surface area contributed by atoms with E-state index >= 15 is 0 Å². The van der Waals surface area contributed by atoms with Crippen LogP contribution in [0.3, 0.4) is 0 Å². The summed E-state index contributed by atoms with van der Waals surface area (Å²) in [5, 5.41) is 2.12. The van der Waals surface area contributed by atoms with E-state index in [1.54, 1.807) is 0 Å². The third-order valence-corrected chi connectivity index (χ3v) is 6.20. The van der Waals surface area contributed by atoms with Gasteiger partial charge in [-0.05, 0) is 41.8 Å². The van der Waals surface area contributed by atoms with Crippen LogP contribution in [0.5, 0.6) is 5.75 Å². The molecular weight excluding hydrogens is 417 g/mol. The highest BCUT2D eigenvalue weighted by Crippen LogP contribution is 2.31. The summed E-state index contributed by atoms with van der Waals surface area (Å²) >= 11 is 0. The zero-order chi connectivity index (χ0) is 22.7. The molecule has 0 aliphatic carbocycles. The van der Waals surface area contributed by atoms with Gasteiger partial charge in [0, 0.05) is 30.9 Å². The molecule has 0 radical (unpaired) electrons. The highest BCUT2D eigenvalue weighted by atomic mass is 19.4. The van der Waals surface area contributed by atoms with Crippen molar-refractivity contribution >= 4 is 12.0 Å². The van der Waals surface area contributed by atoms with Crippen LogP contribution in [-0.4, -0.2) is 44.4 Å². The number of alkyl halides is 3. The lowest BCUT2D eigenvalue weighted by Gasteiger charge is -2.30. The van der Waals surface area contributed by atoms with E-state index < -0.39 is 18.1 Å². The number of ether oxygens (including phenoxy) is 1. The fourth-order valence-electron chi connectivity index (χ4n) is 4.38. The van der Waals surface area contributed by atoms with Crippen molar-refractivity contribution in [3.05, 3.63) is 59.2 Å². The summed E-state index contributed by atoms with van der Waals surface area (Å²) in [5.74, 6) is -0.963. The quantitative estimate of drug-likeness (QED) is 0.756. The molecule has 1 saturated heterocycles. The summed E-state index contributed by atoms with van der Waals surface area (Å²) in [6.07, 6.45) is -0.693. The van der Waals surface area contributed by atoms with Crippen molar-refractivity contribution in [3.8, 4) is 16.9 Å². The molecule has 170 valence electrons. The van der Waals surface area contributed by atoms with E-state index in [0.717, 1.165) is 48.5 Å². The van der Waals surface area contributed by atoms with E-state index in [0.29, 0.717) is 19.4 Å². The molecule has 2 N–H and O–H groups in total. The number of fused-ring (bicyclic) bond motifs is 1. The van der Waals surface area contributed by atoms with Crippen LogP contribution in [0.4, 0.5) is 13.2 Å². The molecule has 2 aliphatic rings. The second-order valence-corrected chi connectivity index (χ2v) is 8.69. The number of rotatable bonds is 4. The highest BCUT2D eigenvalue weighted by Gasteiger charge is 2.40. The van der Waals surface area contributed by atoms with Crippen LogP contribution in [-0.2, 0) is 4.79 Å². The average Bonchev–Trinajstić information content (AvgIpc) is 2.96. The monoisotopic (exact) mass is 445 g/mol. The summed E-state index contributed by atoms with van der Waals surface area (Å²) in [4.78, 5) is 12.5. The van der Waals surface area contributed by atoms with Crippen molar-refractivity contribution in [2.45, 2.75) is 38.4 Å². The van der Waals surface area contributed by atoms with Crippen LogP contribution < -0.4 is 15.0 Å². The van der Waals surface area contributed by atoms with Crippen LogP contribution in [0, 0.1) is 6.92 Å². The number of carbonyl (C=O) groups excluding carboxylic acids is 1. The van der Waals surface area contributed by atoms with Crippen molar-refractivity contribution in [2.24, 2.45) is 0 Å². The Morgan fingerprint density at radius 2 is 1.78 bits per heavy atom. The molecule has 2 aromatic rings. The summed E-state index contributed by atoms with van der Waals surface area (Å²) in [5.41, 5.74) is 5.85. The Labute approximate surface area is 186 Å². The first-order valence-electron chi connectivity index (χ1n) is 11.0. The maximum Gasteiger partial charge on any atom is 0.471 e. The molecule has 0 spiro atoms. The summed E-state index contributed by atoms with van der Waals surface area (Å²) in [6, 6.07) is 14.3. The van der Waals surface area contributed by atoms with Crippen molar-refractivity contribution in [2.75, 3.05) is 26.2 Å². The maximum atomic E-state index is 12.5. The van der Waals surface area contributed by atoms with Crippen LogP contribution in [0.15, 0.2) is 48.0 Å². The standard InChI is InChI=1S/C25H27F3N2O2/c1-17-2-4-19(5-3-17)20-6-7-23-21(15-20)14-18(10-13-32-23)16-30-11-8-22(9-12-30)29-24(31)25(26,27)28/h2-7,14-15,22H,8-13,16H2,1H3,(H,29,31)/p+1. The molecule has 7 heteroatoms. The van der Waals surface area contributed by atoms with Crippen molar-refractivity contribution in [3.63, 3.8) is 0 Å². The number of amides is 1. The van der Waals surface area contributed by atoms with Gasteiger partial charge < -0.3 is 15.0 Å². The third kappa shape index (κ3) is 5.51. The number of quaternary nitrogens is 1. The number of hydrogen-bond donors (Lipinski definition) is 2. The van der Waals surface area contributed by atoms with E-state index in [4.69, 9.17) is 4.74 Å². The summed E-state index contributed by atoms with van der Waals surface area (Å²) < 4.78 is 43.4. The maximum absolute atomic E-state index is 12.5. The fourth-order valence-corrected chi connectivity index (χ4v) is 4.38. The minimum atomic E-state index is -4.82. The molecule has 2 aliphatic heterocycles. The Hall–Kier alpha value is -2.80. The first-order chi connectivity index (χ1) is 15.3. The Morgan fingerprint density at radius 1 is 1.09 bits per heavy atom. The normalized spacial score (nSPS) is 21.1. The zero-order valence-electron chi connectivity index (χ0n) is 18.1. The van der Waals surface area contributed by atoms with Crippen molar-refractivity contribution in [1.29, 1.82) is 0 Å². The van der Waals surface area contributed by atoms with E-state index in [1.807, 2.05) is 6.07 Å². The molecule has 1 amide bonds. The van der Waals surface area contributed by atoms with Gasteiger partial charge in [-0.2, -0.15) is 13.2 Å². The molecule has 2 aromatic carbocycles. The first kappa shape index (κ1) is 22.4. The van der Waals surface area contributed by atoms with Gasteiger partial charge >= 0.3 is 12.1 Å². The third-order valence-electron chi connectivity index (χ3n) is 6.20. The number of nitrogens with one attached hydrogen (secondary N) is 2. The van der Waals surface area contributed by atoms with E-state index in [2.05, 4.69) is 54.7 Å². The Bertz CT molecular complexity index is 991. The molecular formula is C25H28F3N2O2+. The molecule has 2 heterocycles. The molecule has 1 fully saturated rings. The lowest BCUT2D eigenvalue weighted by Crippen LogP contribution is -3.13. The second-order valence-electron chi connectivity index (χ2n) is 8.69. The largest absolute Gasteiger partial charge is 0.493 e. The molecule has 32 heavy (non-hydrogen) atoms. The Morgan fingerprint density at radius 3 is 2.47 bits per heavy atom. The summed E-state index contributed by atoms with van der Waals surface area (Å²) in [6.45, 7) is 4.98. The van der Waals surface area contributed by atoms with Crippen LogP contribution in [0.25, 0.3) is 17.2 Å². The smallest absolute Gasteiger partial charge is 0.471 e. The van der Waals surface area contributed by atoms with Gasteiger partial charge in [-0.3, -0.25) is 4.79 Å². The van der Waals surface area contributed by atoms with Gasteiger partial charge in [0.25, 0.3) is 0 Å². The average molecular weight is 446 g/mol. The van der Waals surface area contributed by atoms with Gasteiger partial charge in [0.1, 0.15) is 5.75 Å². The minimum absolute atomic E-state index is 0.405. The number of piperidine rings is 1. The van der Waals surface area contributed by atoms with Gasteiger partial charge in [0.15, 0.2) is 0 Å². The minimum Gasteiger partial charge on any atom is -0.493 e. The van der Waals surface area contributed by atoms with Gasteiger partial charge in [-0.15, -0.1) is 0 Å². The number of benzene rings is 2. The van der Waals surface area contributed by atoms with Crippen LogP contribution >= 0.6 is 0 Å². The molecule has 0 unspecified atom stereocenters. The van der Waals surface area contributed by atoms with Crippen molar-refractivity contribution in [1.82, 2.24) is 5.32 Å². The van der Waals surface area contributed by atoms with Crippen molar-refractivity contribution < 1.29 is 27.6 Å². The predicted octanol–water partition coefficient (Wildman–Crippen LogP) is 3.55. The molecule has 4 nitrogen and oxygen atoms in total. The lowest BCUT2D eigenvalue weighted by molar-refractivity contribution is -0.900. The van der Waals surface area contributed by atoms with E-state index in [9.17, 15) is 18.0 Å². The first-order valence-corrected chi connectivity index (χ1v) is 11.0. The molecule has 0 aromatic heterocycles. The number of likely N-dealkylation sites (tertiary alicyclic amines) is 1. The fraction of sp³-hybridized carbons (Fsp3) is 0.400. The van der Waals surface area contributed by atoms with Crippen LogP contribution in [0.2, 0.25) is 0 Å². The number of carbonyl (C=O) groups is 1. The predicted molar refractivity (Wildman–Crippen MR) is 117 cm³/mol. The molecule has 0 atom stereocenters. The van der Waals surface area contributed by atoms with Gasteiger partial charge in [0.05, 0.1) is 26.2 Å². The summed E-state index contributed by atoms with van der Waals surface area (Å²) in [7, 11) is 0. The lowest BCUT2D eigenvalue weighted by atomic mass is 9.99. The highest BCUT2D eigenvalue weighted by molar-refractivity contribution is 5.81. The molecule has 0 bridgehead atoms. The van der Waals surface area contributed by atoms with Gasteiger partial charge in [-0.1, -0.05) is 35.9 Å². The molecule has 4 rings (SSSR count). The number of aryl methyl sites for hydroxylation is 1. The number of halogens is 3. The Kier molecular flexibility index (Phi) is 6.55. The van der Waals surface area contributed by atoms with E-state index in [-0.39, 0.29) is 0 Å². The number of hydrogen-bond acceptors (Lipinski definition) is 2. The topological polar surface area (TPSA) is 42.8 Å². The zero-order valence-corrected chi connectivity index (χ0v) is 18.1.